The maximum atomic E-state index is 5.93. The Morgan fingerprint density at radius 1 is 0.833 bits per heavy atom. The van der Waals surface area contributed by atoms with Crippen molar-refractivity contribution >= 4 is 81.8 Å². The normalized spacial score (nSPS) is 12.6. The van der Waals surface area contributed by atoms with E-state index in [1.54, 1.807) is 31.4 Å². The first-order chi connectivity index (χ1) is 11.1. The predicted molar refractivity (Wildman–Crippen MR) is 100 cm³/mol. The second kappa shape index (κ2) is 7.81. The van der Waals surface area contributed by atoms with Gasteiger partial charge in [-0.1, -0.05) is 93.9 Å². The van der Waals surface area contributed by atoms with Crippen molar-refractivity contribution in [1.29, 1.82) is 0 Å². The summed E-state index contributed by atoms with van der Waals surface area (Å²) in [7, 11) is 1.58. The predicted octanol–water partition coefficient (Wildman–Crippen LogP) is 5.70. The van der Waals surface area contributed by atoms with Gasteiger partial charge < -0.3 is 4.74 Å². The van der Waals surface area contributed by atoms with Crippen LogP contribution in [0.2, 0.25) is 0 Å². The number of methoxy groups -OCH3 is 1. The summed E-state index contributed by atoms with van der Waals surface area (Å²) in [5.41, 5.74) is 1.13. The van der Waals surface area contributed by atoms with E-state index >= 15 is 0 Å². The molecule has 0 unspecified atom stereocenters. The van der Waals surface area contributed by atoms with Crippen molar-refractivity contribution in [2.75, 3.05) is 7.11 Å². The lowest BCUT2D eigenvalue weighted by Gasteiger charge is -2.17. The summed E-state index contributed by atoms with van der Waals surface area (Å²) >= 11 is 35.6. The second-order valence-corrected chi connectivity index (χ2v) is 9.06. The second-order valence-electron chi connectivity index (χ2n) is 4.50. The van der Waals surface area contributed by atoms with Crippen LogP contribution in [-0.2, 0) is 7.59 Å². The first kappa shape index (κ1) is 19.8. The molecular weight excluding hydrogens is 439 g/mol. The molecule has 1 aromatic carbocycles. The summed E-state index contributed by atoms with van der Waals surface area (Å²) in [6.07, 6.45) is 3.33. The molecule has 0 aliphatic rings. The van der Waals surface area contributed by atoms with Crippen LogP contribution in [0.1, 0.15) is 22.5 Å². The molecule has 0 amide bonds. The van der Waals surface area contributed by atoms with Gasteiger partial charge in [0.15, 0.2) is 0 Å². The Morgan fingerprint density at radius 2 is 1.33 bits per heavy atom. The molecule has 0 fully saturated rings. The Morgan fingerprint density at radius 3 is 1.75 bits per heavy atom. The minimum absolute atomic E-state index is 0.00795. The molecule has 10 heteroatoms. The number of rotatable bonds is 3. The van der Waals surface area contributed by atoms with Crippen molar-refractivity contribution in [3.05, 3.63) is 46.8 Å². The van der Waals surface area contributed by atoms with Gasteiger partial charge in [0.2, 0.25) is 7.59 Å². The standard InChI is InChI=1S/C14H9Cl6N3O/c1-24-9-5-2-8(3-6-9)4-7-10-11(13(15,16)17)21-23-22-12(10)14(18,19)20/h2-7H,1H3. The van der Waals surface area contributed by atoms with Gasteiger partial charge in [-0.2, -0.15) is 0 Å². The first-order valence-corrected chi connectivity index (χ1v) is 8.59. The van der Waals surface area contributed by atoms with Gasteiger partial charge in [0, 0.05) is 5.56 Å². The largest absolute Gasteiger partial charge is 0.497 e. The van der Waals surface area contributed by atoms with E-state index in [2.05, 4.69) is 15.4 Å². The lowest BCUT2D eigenvalue weighted by Crippen LogP contribution is -2.16. The van der Waals surface area contributed by atoms with Gasteiger partial charge in [0.25, 0.3) is 0 Å². The minimum atomic E-state index is -1.86. The fraction of sp³-hybridized carbons (Fsp3) is 0.214. The van der Waals surface area contributed by atoms with Crippen molar-refractivity contribution < 1.29 is 4.74 Å². The lowest BCUT2D eigenvalue weighted by atomic mass is 10.1. The molecule has 2 rings (SSSR count). The zero-order valence-corrected chi connectivity index (χ0v) is 16.5. The number of nitrogens with zero attached hydrogens (tertiary/aromatic N) is 3. The molecule has 0 aliphatic heterocycles. The Bertz CT molecular complexity index is 705. The molecule has 1 heterocycles. The molecule has 4 nitrogen and oxygen atoms in total. The molecule has 2 aromatic rings. The molecular formula is C14H9Cl6N3O. The summed E-state index contributed by atoms with van der Waals surface area (Å²) < 4.78 is 1.38. The van der Waals surface area contributed by atoms with E-state index in [-0.39, 0.29) is 17.0 Å². The molecule has 0 spiro atoms. The SMILES string of the molecule is COc1ccc(C=Cc2c(C(Cl)(Cl)Cl)nnnc2C(Cl)(Cl)Cl)cc1. The van der Waals surface area contributed by atoms with Crippen LogP contribution >= 0.6 is 69.6 Å². The third-order valence-corrected chi connectivity index (χ3v) is 3.97. The van der Waals surface area contributed by atoms with E-state index in [4.69, 9.17) is 74.3 Å². The summed E-state index contributed by atoms with van der Waals surface area (Å²) in [6, 6.07) is 7.27. The number of alkyl halides is 6. The fourth-order valence-electron chi connectivity index (χ4n) is 1.80. The van der Waals surface area contributed by atoms with Crippen LogP contribution in [-0.4, -0.2) is 22.5 Å². The van der Waals surface area contributed by atoms with Crippen molar-refractivity contribution in [3.63, 3.8) is 0 Å². The van der Waals surface area contributed by atoms with Gasteiger partial charge in [-0.3, -0.25) is 0 Å². The summed E-state index contributed by atoms with van der Waals surface area (Å²) in [5, 5.41) is 11.0. The molecule has 0 saturated heterocycles. The molecule has 0 radical (unpaired) electrons. The number of hydrogen-bond acceptors (Lipinski definition) is 4. The van der Waals surface area contributed by atoms with Gasteiger partial charge in [-0.15, -0.1) is 10.2 Å². The molecule has 0 atom stereocenters. The molecule has 0 aliphatic carbocycles. The summed E-state index contributed by atoms with van der Waals surface area (Å²) in [4.78, 5) is 0. The van der Waals surface area contributed by atoms with Gasteiger partial charge in [-0.05, 0) is 22.9 Å². The van der Waals surface area contributed by atoms with Crippen LogP contribution < -0.4 is 4.74 Å². The fourth-order valence-corrected chi connectivity index (χ4v) is 2.64. The van der Waals surface area contributed by atoms with E-state index < -0.39 is 7.59 Å². The molecule has 0 bridgehead atoms. The Labute approximate surface area is 168 Å². The van der Waals surface area contributed by atoms with Gasteiger partial charge in [-0.25, -0.2) is 0 Å². The molecule has 1 aromatic heterocycles. The number of halogens is 6. The highest BCUT2D eigenvalue weighted by molar-refractivity contribution is 6.67. The summed E-state index contributed by atoms with van der Waals surface area (Å²) in [6.45, 7) is 0. The highest BCUT2D eigenvalue weighted by Gasteiger charge is 2.36. The number of hydrogen-bond donors (Lipinski definition) is 0. The van der Waals surface area contributed by atoms with Gasteiger partial charge in [0.05, 0.1) is 7.11 Å². The topological polar surface area (TPSA) is 47.9 Å². The first-order valence-electron chi connectivity index (χ1n) is 6.33. The van der Waals surface area contributed by atoms with Gasteiger partial charge >= 0.3 is 0 Å². The Balaban J connectivity index is 2.52. The zero-order chi connectivity index (χ0) is 18.0. The molecule has 24 heavy (non-hydrogen) atoms. The van der Waals surface area contributed by atoms with Crippen molar-refractivity contribution in [1.82, 2.24) is 15.4 Å². The van der Waals surface area contributed by atoms with Crippen LogP contribution in [0.4, 0.5) is 0 Å². The van der Waals surface area contributed by atoms with Crippen LogP contribution in [0, 0.1) is 0 Å². The molecule has 128 valence electrons. The maximum Gasteiger partial charge on any atom is 0.235 e. The van der Waals surface area contributed by atoms with Crippen LogP contribution in [0.25, 0.3) is 12.2 Å². The maximum absolute atomic E-state index is 5.93. The Hall–Kier alpha value is -0.490. The quantitative estimate of drug-likeness (QED) is 0.566. The van der Waals surface area contributed by atoms with Crippen molar-refractivity contribution in [2.24, 2.45) is 0 Å². The van der Waals surface area contributed by atoms with E-state index in [0.717, 1.165) is 11.3 Å². The van der Waals surface area contributed by atoms with Crippen molar-refractivity contribution in [2.45, 2.75) is 7.59 Å². The lowest BCUT2D eigenvalue weighted by molar-refractivity contribution is 0.415. The van der Waals surface area contributed by atoms with Crippen LogP contribution in [0.5, 0.6) is 5.75 Å². The molecule has 0 saturated carbocycles. The molecule has 0 N–H and O–H groups in total. The van der Waals surface area contributed by atoms with E-state index in [0.29, 0.717) is 0 Å². The summed E-state index contributed by atoms with van der Waals surface area (Å²) in [5.74, 6) is 0.725. The van der Waals surface area contributed by atoms with E-state index in [1.807, 2.05) is 12.1 Å². The van der Waals surface area contributed by atoms with Crippen LogP contribution in [0.15, 0.2) is 24.3 Å². The average molecular weight is 448 g/mol. The Kier molecular flexibility index (Phi) is 6.46. The van der Waals surface area contributed by atoms with Crippen molar-refractivity contribution in [3.8, 4) is 5.75 Å². The third-order valence-electron chi connectivity index (χ3n) is 2.89. The number of ether oxygens (including phenoxy) is 1. The van der Waals surface area contributed by atoms with E-state index in [1.165, 1.54) is 0 Å². The monoisotopic (exact) mass is 445 g/mol. The third kappa shape index (κ3) is 5.01. The number of benzene rings is 1. The minimum Gasteiger partial charge on any atom is -0.497 e. The van der Waals surface area contributed by atoms with Crippen LogP contribution in [0.3, 0.4) is 0 Å². The average Bonchev–Trinajstić information content (AvgIpc) is 2.51. The highest BCUT2D eigenvalue weighted by Crippen LogP contribution is 2.44. The highest BCUT2D eigenvalue weighted by atomic mass is 35.6. The van der Waals surface area contributed by atoms with Gasteiger partial charge in [0.1, 0.15) is 17.1 Å². The van der Waals surface area contributed by atoms with E-state index in [9.17, 15) is 0 Å². The zero-order valence-electron chi connectivity index (χ0n) is 12.0. The smallest absolute Gasteiger partial charge is 0.235 e. The number of aromatic nitrogens is 3.